The van der Waals surface area contributed by atoms with Crippen molar-refractivity contribution >= 4 is 41.3 Å². The Hall–Kier alpha value is -1.15. The number of nitrogens with zero attached hydrogens (tertiary/aromatic N) is 3. The molecule has 3 rings (SSSR count). The number of benzene rings is 1. The Morgan fingerprint density at radius 3 is 2.83 bits per heavy atom. The molecule has 0 radical (unpaired) electrons. The number of aryl methyl sites for hydroxylation is 1. The Balaban J connectivity index is 0.00000192. The highest BCUT2D eigenvalue weighted by atomic mass is 127. The quantitative estimate of drug-likeness (QED) is 0.449. The van der Waals surface area contributed by atoms with Crippen molar-refractivity contribution < 1.29 is 0 Å². The number of guanidine groups is 1. The molecule has 4 nitrogen and oxygen atoms in total. The summed E-state index contributed by atoms with van der Waals surface area (Å²) in [5.41, 5.74) is 1.43. The van der Waals surface area contributed by atoms with Crippen molar-refractivity contribution in [2.75, 3.05) is 20.1 Å². The largest absolute Gasteiger partial charge is 0.350 e. The van der Waals surface area contributed by atoms with Crippen LogP contribution < -0.4 is 5.32 Å². The highest BCUT2D eigenvalue weighted by molar-refractivity contribution is 14.0. The van der Waals surface area contributed by atoms with Gasteiger partial charge in [0.2, 0.25) is 0 Å². The lowest BCUT2D eigenvalue weighted by Gasteiger charge is -2.21. The summed E-state index contributed by atoms with van der Waals surface area (Å²) in [6, 6.07) is 10.8. The SMILES string of the molecule is CN=C(NCc1ncc(C)s1)N1CCC(c2ccccc2)C1.I. The van der Waals surface area contributed by atoms with Crippen LogP contribution in [0.15, 0.2) is 41.5 Å². The van der Waals surface area contributed by atoms with E-state index in [1.165, 1.54) is 16.9 Å². The second kappa shape index (κ2) is 8.63. The number of thiazole rings is 1. The molecular formula is C17H23IN4S. The average Bonchev–Trinajstić information content (AvgIpc) is 3.18. The normalized spacial score (nSPS) is 17.9. The van der Waals surface area contributed by atoms with Crippen LogP contribution in [0.3, 0.4) is 0 Å². The van der Waals surface area contributed by atoms with Gasteiger partial charge in [-0.3, -0.25) is 4.99 Å². The van der Waals surface area contributed by atoms with Crippen molar-refractivity contribution in [3.63, 3.8) is 0 Å². The lowest BCUT2D eigenvalue weighted by atomic mass is 9.99. The van der Waals surface area contributed by atoms with E-state index < -0.39 is 0 Å². The van der Waals surface area contributed by atoms with Crippen molar-refractivity contribution in [1.29, 1.82) is 0 Å². The van der Waals surface area contributed by atoms with Gasteiger partial charge >= 0.3 is 0 Å². The summed E-state index contributed by atoms with van der Waals surface area (Å²) in [7, 11) is 1.85. The van der Waals surface area contributed by atoms with Crippen molar-refractivity contribution in [1.82, 2.24) is 15.2 Å². The van der Waals surface area contributed by atoms with E-state index in [-0.39, 0.29) is 24.0 Å². The summed E-state index contributed by atoms with van der Waals surface area (Å²) in [5, 5.41) is 4.55. The van der Waals surface area contributed by atoms with E-state index in [4.69, 9.17) is 0 Å². The molecule has 124 valence electrons. The Morgan fingerprint density at radius 2 is 2.17 bits per heavy atom. The summed E-state index contributed by atoms with van der Waals surface area (Å²) in [4.78, 5) is 12.4. The number of rotatable bonds is 3. The monoisotopic (exact) mass is 442 g/mol. The number of halogens is 1. The van der Waals surface area contributed by atoms with Crippen LogP contribution in [0, 0.1) is 6.92 Å². The fraction of sp³-hybridized carbons (Fsp3) is 0.412. The average molecular weight is 442 g/mol. The molecule has 1 saturated heterocycles. The molecule has 1 aliphatic rings. The zero-order chi connectivity index (χ0) is 15.4. The maximum atomic E-state index is 4.43. The maximum absolute atomic E-state index is 4.43. The molecule has 0 spiro atoms. The molecule has 23 heavy (non-hydrogen) atoms. The molecule has 1 aromatic heterocycles. The molecule has 1 N–H and O–H groups in total. The number of hydrogen-bond donors (Lipinski definition) is 1. The minimum atomic E-state index is 0. The fourth-order valence-corrected chi connectivity index (χ4v) is 3.65. The number of nitrogens with one attached hydrogen (secondary N) is 1. The van der Waals surface area contributed by atoms with E-state index in [1.807, 2.05) is 13.2 Å². The van der Waals surface area contributed by atoms with Gasteiger partial charge in [-0.25, -0.2) is 4.98 Å². The second-order valence-corrected chi connectivity index (χ2v) is 6.93. The topological polar surface area (TPSA) is 40.5 Å². The zero-order valence-electron chi connectivity index (χ0n) is 13.5. The summed E-state index contributed by atoms with van der Waals surface area (Å²) in [6.45, 7) is 4.91. The Kier molecular flexibility index (Phi) is 6.83. The molecule has 1 aromatic carbocycles. The van der Waals surface area contributed by atoms with E-state index in [2.05, 4.69) is 57.4 Å². The number of aromatic nitrogens is 1. The van der Waals surface area contributed by atoms with Gasteiger partial charge in [0.05, 0.1) is 6.54 Å². The summed E-state index contributed by atoms with van der Waals surface area (Å²) >= 11 is 1.73. The summed E-state index contributed by atoms with van der Waals surface area (Å²) in [5.74, 6) is 1.58. The molecule has 0 saturated carbocycles. The third-order valence-electron chi connectivity index (χ3n) is 4.04. The third-order valence-corrected chi connectivity index (χ3v) is 4.95. The van der Waals surface area contributed by atoms with Crippen LogP contribution in [0.1, 0.15) is 27.8 Å². The van der Waals surface area contributed by atoms with Gasteiger partial charge in [0, 0.05) is 37.1 Å². The van der Waals surface area contributed by atoms with Crippen molar-refractivity contribution in [2.24, 2.45) is 4.99 Å². The van der Waals surface area contributed by atoms with Gasteiger partial charge in [-0.2, -0.15) is 0 Å². The van der Waals surface area contributed by atoms with E-state index in [0.717, 1.165) is 30.6 Å². The Labute approximate surface area is 159 Å². The zero-order valence-corrected chi connectivity index (χ0v) is 16.7. The van der Waals surface area contributed by atoms with Gasteiger partial charge in [0.25, 0.3) is 0 Å². The van der Waals surface area contributed by atoms with Crippen molar-refractivity contribution in [3.8, 4) is 0 Å². The number of likely N-dealkylation sites (tertiary alicyclic amines) is 1. The lowest BCUT2D eigenvalue weighted by Crippen LogP contribution is -2.39. The van der Waals surface area contributed by atoms with Crippen LogP contribution in [0.25, 0.3) is 0 Å². The molecule has 2 heterocycles. The maximum Gasteiger partial charge on any atom is 0.194 e. The lowest BCUT2D eigenvalue weighted by molar-refractivity contribution is 0.485. The molecule has 1 fully saturated rings. The van der Waals surface area contributed by atoms with E-state index in [0.29, 0.717) is 5.92 Å². The first-order valence-electron chi connectivity index (χ1n) is 7.68. The van der Waals surface area contributed by atoms with E-state index >= 15 is 0 Å². The number of hydrogen-bond acceptors (Lipinski definition) is 3. The van der Waals surface area contributed by atoms with Crippen LogP contribution in [-0.4, -0.2) is 36.0 Å². The molecule has 1 aliphatic heterocycles. The fourth-order valence-electron chi connectivity index (χ4n) is 2.92. The van der Waals surface area contributed by atoms with Crippen LogP contribution >= 0.6 is 35.3 Å². The first-order chi connectivity index (χ1) is 10.8. The van der Waals surface area contributed by atoms with Gasteiger partial charge < -0.3 is 10.2 Å². The molecule has 1 atom stereocenters. The van der Waals surface area contributed by atoms with Crippen molar-refractivity contribution in [3.05, 3.63) is 52.0 Å². The third kappa shape index (κ3) is 4.67. The van der Waals surface area contributed by atoms with Gasteiger partial charge in [-0.1, -0.05) is 30.3 Å². The minimum Gasteiger partial charge on any atom is -0.350 e. The number of aliphatic imine (C=N–C) groups is 1. The summed E-state index contributed by atoms with van der Waals surface area (Å²) < 4.78 is 0. The molecule has 2 aromatic rings. The van der Waals surface area contributed by atoms with Gasteiger partial charge in [0.15, 0.2) is 5.96 Å². The van der Waals surface area contributed by atoms with E-state index in [1.54, 1.807) is 11.3 Å². The standard InChI is InChI=1S/C17H22N4S.HI/c1-13-10-19-16(22-13)11-20-17(18-2)21-9-8-15(12-21)14-6-4-3-5-7-14;/h3-7,10,15H,8-9,11-12H2,1-2H3,(H,18,20);1H. The Bertz CT molecular complexity index is 641. The molecule has 0 amide bonds. The smallest absolute Gasteiger partial charge is 0.194 e. The first kappa shape index (κ1) is 18.2. The highest BCUT2D eigenvalue weighted by Gasteiger charge is 2.25. The van der Waals surface area contributed by atoms with Crippen LogP contribution in [0.5, 0.6) is 0 Å². The molecule has 0 aliphatic carbocycles. The van der Waals surface area contributed by atoms with Crippen molar-refractivity contribution in [2.45, 2.75) is 25.8 Å². The molecule has 0 bridgehead atoms. The van der Waals surface area contributed by atoms with E-state index in [9.17, 15) is 0 Å². The summed E-state index contributed by atoms with van der Waals surface area (Å²) in [6.07, 6.45) is 3.10. The van der Waals surface area contributed by atoms with Gasteiger partial charge in [-0.15, -0.1) is 35.3 Å². The van der Waals surface area contributed by atoms with Crippen LogP contribution in [0.4, 0.5) is 0 Å². The Morgan fingerprint density at radius 1 is 1.39 bits per heavy atom. The molecule has 1 unspecified atom stereocenters. The van der Waals surface area contributed by atoms with Crippen LogP contribution in [-0.2, 0) is 6.54 Å². The second-order valence-electron chi connectivity index (χ2n) is 5.61. The minimum absolute atomic E-state index is 0. The van der Waals surface area contributed by atoms with Gasteiger partial charge in [-0.05, 0) is 18.9 Å². The predicted octanol–water partition coefficient (Wildman–Crippen LogP) is 3.63. The first-order valence-corrected chi connectivity index (χ1v) is 8.50. The molecular weight excluding hydrogens is 419 g/mol. The van der Waals surface area contributed by atoms with Gasteiger partial charge in [0.1, 0.15) is 5.01 Å². The predicted molar refractivity (Wildman–Crippen MR) is 108 cm³/mol. The van der Waals surface area contributed by atoms with Crippen LogP contribution in [0.2, 0.25) is 0 Å². The highest BCUT2D eigenvalue weighted by Crippen LogP contribution is 2.26. The molecule has 6 heteroatoms.